The summed E-state index contributed by atoms with van der Waals surface area (Å²) in [6.45, 7) is 1.67. The molecule has 3 aromatic rings. The molecule has 134 valence electrons. The van der Waals surface area contributed by atoms with Gasteiger partial charge < -0.3 is 20.9 Å². The number of primary amides is 1. The Bertz CT molecular complexity index is 919. The molecule has 2 aromatic carbocycles. The van der Waals surface area contributed by atoms with E-state index in [9.17, 15) is 9.59 Å². The van der Waals surface area contributed by atoms with Crippen LogP contribution in [0.1, 0.15) is 22.3 Å². The highest BCUT2D eigenvalue weighted by molar-refractivity contribution is 5.92. The van der Waals surface area contributed by atoms with Gasteiger partial charge in [-0.05, 0) is 36.2 Å². The largest absolute Gasteiger partial charge is 0.366 e. The Labute approximate surface area is 151 Å². The average Bonchev–Trinajstić information content (AvgIpc) is 3.07. The SMILES string of the molecule is NC(=O)c1cccc(CNC(=O)NCCCn2cnc3ccccc32)c1. The van der Waals surface area contributed by atoms with Gasteiger partial charge in [0.15, 0.2) is 0 Å². The first-order valence-corrected chi connectivity index (χ1v) is 8.44. The number of nitrogens with zero attached hydrogens (tertiary/aromatic N) is 2. The lowest BCUT2D eigenvalue weighted by Crippen LogP contribution is -2.35. The van der Waals surface area contributed by atoms with Crippen LogP contribution in [0.2, 0.25) is 0 Å². The molecule has 3 rings (SSSR count). The minimum Gasteiger partial charge on any atom is -0.366 e. The van der Waals surface area contributed by atoms with Gasteiger partial charge in [0.05, 0.1) is 17.4 Å². The number of hydrogen-bond acceptors (Lipinski definition) is 3. The fraction of sp³-hybridized carbons (Fsp3) is 0.211. The van der Waals surface area contributed by atoms with Crippen molar-refractivity contribution in [1.82, 2.24) is 20.2 Å². The molecular weight excluding hydrogens is 330 g/mol. The van der Waals surface area contributed by atoms with Crippen LogP contribution in [0.15, 0.2) is 54.9 Å². The molecule has 0 spiro atoms. The summed E-state index contributed by atoms with van der Waals surface area (Å²) in [4.78, 5) is 27.4. The molecule has 0 aliphatic rings. The van der Waals surface area contributed by atoms with Crippen molar-refractivity contribution in [3.05, 3.63) is 66.0 Å². The van der Waals surface area contributed by atoms with Gasteiger partial charge in [-0.3, -0.25) is 4.79 Å². The van der Waals surface area contributed by atoms with E-state index in [0.717, 1.165) is 29.6 Å². The normalized spacial score (nSPS) is 10.6. The Balaban J connectivity index is 1.40. The number of urea groups is 1. The quantitative estimate of drug-likeness (QED) is 0.568. The third-order valence-corrected chi connectivity index (χ3v) is 4.05. The number of hydrogen-bond donors (Lipinski definition) is 3. The number of amides is 3. The summed E-state index contributed by atoms with van der Waals surface area (Å²) in [7, 11) is 0. The van der Waals surface area contributed by atoms with Gasteiger partial charge in [-0.2, -0.15) is 0 Å². The second kappa shape index (κ2) is 8.15. The van der Waals surface area contributed by atoms with Crippen LogP contribution >= 0.6 is 0 Å². The van der Waals surface area contributed by atoms with E-state index in [-0.39, 0.29) is 6.03 Å². The molecule has 3 amide bonds. The summed E-state index contributed by atoms with van der Waals surface area (Å²) in [5, 5.41) is 5.59. The highest BCUT2D eigenvalue weighted by Gasteiger charge is 2.04. The first-order chi connectivity index (χ1) is 12.6. The van der Waals surface area contributed by atoms with E-state index in [1.807, 2.05) is 36.7 Å². The van der Waals surface area contributed by atoms with Gasteiger partial charge in [-0.1, -0.05) is 24.3 Å². The van der Waals surface area contributed by atoms with Crippen LogP contribution in [0, 0.1) is 0 Å². The van der Waals surface area contributed by atoms with Gasteiger partial charge in [0.25, 0.3) is 0 Å². The highest BCUT2D eigenvalue weighted by Crippen LogP contribution is 2.11. The van der Waals surface area contributed by atoms with Crippen molar-refractivity contribution in [1.29, 1.82) is 0 Å². The third kappa shape index (κ3) is 4.38. The number of carbonyl (C=O) groups is 2. The van der Waals surface area contributed by atoms with E-state index < -0.39 is 5.91 Å². The number of aryl methyl sites for hydroxylation is 1. The summed E-state index contributed by atoms with van der Waals surface area (Å²) in [6.07, 6.45) is 2.61. The highest BCUT2D eigenvalue weighted by atomic mass is 16.2. The zero-order valence-corrected chi connectivity index (χ0v) is 14.3. The lowest BCUT2D eigenvalue weighted by atomic mass is 10.1. The van der Waals surface area contributed by atoms with Crippen molar-refractivity contribution in [3.63, 3.8) is 0 Å². The fourth-order valence-corrected chi connectivity index (χ4v) is 2.72. The molecule has 1 aromatic heterocycles. The first kappa shape index (κ1) is 17.5. The Morgan fingerprint density at radius 3 is 2.77 bits per heavy atom. The number of para-hydroxylation sites is 2. The number of benzene rings is 2. The number of fused-ring (bicyclic) bond motifs is 1. The van der Waals surface area contributed by atoms with Crippen molar-refractivity contribution in [3.8, 4) is 0 Å². The molecule has 4 N–H and O–H groups in total. The molecule has 1 heterocycles. The topological polar surface area (TPSA) is 102 Å². The molecular formula is C19H21N5O2. The van der Waals surface area contributed by atoms with Crippen LogP contribution in [0.4, 0.5) is 4.79 Å². The summed E-state index contributed by atoms with van der Waals surface area (Å²) < 4.78 is 2.07. The smallest absolute Gasteiger partial charge is 0.315 e. The predicted molar refractivity (Wildman–Crippen MR) is 99.5 cm³/mol. The van der Waals surface area contributed by atoms with Gasteiger partial charge in [0, 0.05) is 25.2 Å². The number of rotatable bonds is 7. The standard InChI is InChI=1S/C19H21N5O2/c20-18(25)15-6-3-5-14(11-15)12-22-19(26)21-9-4-10-24-13-23-16-7-1-2-8-17(16)24/h1-3,5-8,11,13H,4,9-10,12H2,(H2,20,25)(H2,21,22,26). The molecule has 0 saturated carbocycles. The van der Waals surface area contributed by atoms with Crippen molar-refractivity contribution in [2.75, 3.05) is 6.54 Å². The Hall–Kier alpha value is -3.35. The third-order valence-electron chi connectivity index (χ3n) is 4.05. The molecule has 26 heavy (non-hydrogen) atoms. The number of nitrogens with one attached hydrogen (secondary N) is 2. The lowest BCUT2D eigenvalue weighted by molar-refractivity contribution is 0.1000. The Morgan fingerprint density at radius 1 is 1.08 bits per heavy atom. The van der Waals surface area contributed by atoms with Crippen molar-refractivity contribution in [2.45, 2.75) is 19.5 Å². The number of carbonyl (C=O) groups excluding carboxylic acids is 2. The van der Waals surface area contributed by atoms with Crippen molar-refractivity contribution >= 4 is 23.0 Å². The molecule has 0 radical (unpaired) electrons. The fourth-order valence-electron chi connectivity index (χ4n) is 2.72. The Morgan fingerprint density at radius 2 is 1.92 bits per heavy atom. The monoisotopic (exact) mass is 351 g/mol. The minimum atomic E-state index is -0.483. The minimum absolute atomic E-state index is 0.245. The molecule has 0 fully saturated rings. The van der Waals surface area contributed by atoms with Gasteiger partial charge in [-0.25, -0.2) is 9.78 Å². The molecule has 7 heteroatoms. The van der Waals surface area contributed by atoms with Crippen LogP contribution in [0.5, 0.6) is 0 Å². The second-order valence-corrected chi connectivity index (χ2v) is 5.95. The number of nitrogens with two attached hydrogens (primary N) is 1. The van der Waals surface area contributed by atoms with Crippen molar-refractivity contribution in [2.24, 2.45) is 5.73 Å². The Kier molecular flexibility index (Phi) is 5.48. The van der Waals surface area contributed by atoms with E-state index in [0.29, 0.717) is 18.7 Å². The van der Waals surface area contributed by atoms with Crippen LogP contribution in [-0.2, 0) is 13.1 Å². The number of imidazole rings is 1. The molecule has 0 aliphatic heterocycles. The maximum Gasteiger partial charge on any atom is 0.315 e. The molecule has 0 bridgehead atoms. The summed E-state index contributed by atoms with van der Waals surface area (Å²) in [5.74, 6) is -0.483. The van der Waals surface area contributed by atoms with Gasteiger partial charge in [-0.15, -0.1) is 0 Å². The average molecular weight is 351 g/mol. The zero-order valence-electron chi connectivity index (χ0n) is 14.3. The maximum absolute atomic E-state index is 11.9. The molecule has 0 aliphatic carbocycles. The summed E-state index contributed by atoms with van der Waals surface area (Å²) in [5.41, 5.74) is 8.56. The van der Waals surface area contributed by atoms with Crippen LogP contribution in [0.3, 0.4) is 0 Å². The summed E-state index contributed by atoms with van der Waals surface area (Å²) in [6, 6.07) is 14.6. The first-order valence-electron chi connectivity index (χ1n) is 8.44. The van der Waals surface area contributed by atoms with Gasteiger partial charge >= 0.3 is 6.03 Å². The van der Waals surface area contributed by atoms with Crippen molar-refractivity contribution < 1.29 is 9.59 Å². The molecule has 0 saturated heterocycles. The maximum atomic E-state index is 11.9. The van der Waals surface area contributed by atoms with E-state index in [1.165, 1.54) is 0 Å². The van der Waals surface area contributed by atoms with Crippen LogP contribution in [-0.4, -0.2) is 28.0 Å². The molecule has 0 unspecified atom stereocenters. The van der Waals surface area contributed by atoms with Crippen LogP contribution in [0.25, 0.3) is 11.0 Å². The lowest BCUT2D eigenvalue weighted by Gasteiger charge is -2.09. The van der Waals surface area contributed by atoms with E-state index in [4.69, 9.17) is 5.73 Å². The number of aromatic nitrogens is 2. The van der Waals surface area contributed by atoms with Gasteiger partial charge in [0.2, 0.25) is 5.91 Å². The second-order valence-electron chi connectivity index (χ2n) is 5.95. The summed E-state index contributed by atoms with van der Waals surface area (Å²) >= 11 is 0. The predicted octanol–water partition coefficient (Wildman–Crippen LogP) is 2.02. The van der Waals surface area contributed by atoms with Gasteiger partial charge in [0.1, 0.15) is 0 Å². The molecule has 0 atom stereocenters. The van der Waals surface area contributed by atoms with E-state index in [1.54, 1.807) is 18.2 Å². The van der Waals surface area contributed by atoms with Crippen LogP contribution < -0.4 is 16.4 Å². The molecule has 7 nitrogen and oxygen atoms in total. The van der Waals surface area contributed by atoms with E-state index in [2.05, 4.69) is 20.2 Å². The zero-order chi connectivity index (χ0) is 18.4. The van der Waals surface area contributed by atoms with E-state index >= 15 is 0 Å².